The minimum Gasteiger partial charge on any atom is -0.294 e. The zero-order valence-electron chi connectivity index (χ0n) is 7.58. The minimum absolute atomic E-state index is 0.0681. The first-order chi connectivity index (χ1) is 6.16. The molecule has 1 aromatic rings. The van der Waals surface area contributed by atoms with E-state index in [0.717, 1.165) is 16.7 Å². The van der Waals surface area contributed by atoms with Gasteiger partial charge in [0.2, 0.25) is 0 Å². The third kappa shape index (κ3) is 2.22. The maximum Gasteiger partial charge on any atom is 0.160 e. The lowest BCUT2D eigenvalue weighted by atomic mass is 9.99. The summed E-state index contributed by atoms with van der Waals surface area (Å²) >= 11 is 4.13. The first-order valence-corrected chi connectivity index (χ1v) is 4.69. The topological polar surface area (TPSA) is 17.1 Å². The SMILES string of the molecule is C=C(CS)c1ccccc1C(C)=O. The van der Waals surface area contributed by atoms with Gasteiger partial charge in [0.1, 0.15) is 0 Å². The van der Waals surface area contributed by atoms with Crippen LogP contribution in [0.1, 0.15) is 22.8 Å². The van der Waals surface area contributed by atoms with Crippen molar-refractivity contribution < 1.29 is 4.79 Å². The van der Waals surface area contributed by atoms with Crippen LogP contribution < -0.4 is 0 Å². The summed E-state index contributed by atoms with van der Waals surface area (Å²) in [5.41, 5.74) is 2.51. The van der Waals surface area contributed by atoms with E-state index >= 15 is 0 Å². The molecule has 0 amide bonds. The summed E-state index contributed by atoms with van der Waals surface area (Å²) in [6.07, 6.45) is 0. The molecule has 1 aromatic carbocycles. The number of hydrogen-bond donors (Lipinski definition) is 1. The lowest BCUT2D eigenvalue weighted by molar-refractivity contribution is 0.101. The van der Waals surface area contributed by atoms with Crippen molar-refractivity contribution in [3.05, 3.63) is 42.0 Å². The summed E-state index contributed by atoms with van der Waals surface area (Å²) in [7, 11) is 0. The Bertz CT molecular complexity index is 342. The van der Waals surface area contributed by atoms with E-state index in [2.05, 4.69) is 19.2 Å². The minimum atomic E-state index is 0.0681. The van der Waals surface area contributed by atoms with Crippen molar-refractivity contribution in [2.24, 2.45) is 0 Å². The van der Waals surface area contributed by atoms with E-state index in [9.17, 15) is 4.79 Å². The largest absolute Gasteiger partial charge is 0.294 e. The molecule has 0 saturated heterocycles. The highest BCUT2D eigenvalue weighted by molar-refractivity contribution is 7.80. The summed E-state index contributed by atoms with van der Waals surface area (Å²) < 4.78 is 0. The summed E-state index contributed by atoms with van der Waals surface area (Å²) in [4.78, 5) is 11.2. The van der Waals surface area contributed by atoms with Crippen molar-refractivity contribution in [2.75, 3.05) is 5.75 Å². The van der Waals surface area contributed by atoms with Gasteiger partial charge in [-0.05, 0) is 18.1 Å². The van der Waals surface area contributed by atoms with Gasteiger partial charge < -0.3 is 0 Å². The van der Waals surface area contributed by atoms with E-state index in [1.54, 1.807) is 6.92 Å². The molecule has 0 aliphatic rings. The van der Waals surface area contributed by atoms with Crippen LogP contribution >= 0.6 is 12.6 Å². The summed E-state index contributed by atoms with van der Waals surface area (Å²) in [6.45, 7) is 5.42. The molecule has 2 heteroatoms. The van der Waals surface area contributed by atoms with Crippen LogP contribution in [0.25, 0.3) is 5.57 Å². The quantitative estimate of drug-likeness (QED) is 0.575. The van der Waals surface area contributed by atoms with Gasteiger partial charge in [-0.2, -0.15) is 12.6 Å². The van der Waals surface area contributed by atoms with Crippen LogP contribution in [0.5, 0.6) is 0 Å². The van der Waals surface area contributed by atoms with Crippen LogP contribution in [0.4, 0.5) is 0 Å². The van der Waals surface area contributed by atoms with Crippen LogP contribution in [0, 0.1) is 0 Å². The zero-order chi connectivity index (χ0) is 9.84. The molecule has 0 aliphatic carbocycles. The number of benzene rings is 1. The highest BCUT2D eigenvalue weighted by atomic mass is 32.1. The Morgan fingerprint density at radius 2 is 1.92 bits per heavy atom. The first kappa shape index (κ1) is 10.1. The normalized spacial score (nSPS) is 9.69. The second-order valence-corrected chi connectivity index (χ2v) is 3.18. The van der Waals surface area contributed by atoms with Crippen molar-refractivity contribution in [3.63, 3.8) is 0 Å². The smallest absolute Gasteiger partial charge is 0.160 e. The van der Waals surface area contributed by atoms with Crippen molar-refractivity contribution >= 4 is 24.0 Å². The second-order valence-electron chi connectivity index (χ2n) is 2.86. The third-order valence-electron chi connectivity index (χ3n) is 1.88. The predicted molar refractivity (Wildman–Crippen MR) is 59.3 cm³/mol. The second kappa shape index (κ2) is 4.28. The molecular weight excluding hydrogens is 180 g/mol. The molecule has 0 aliphatic heterocycles. The Hall–Kier alpha value is -1.02. The molecule has 0 unspecified atom stereocenters. The molecule has 0 heterocycles. The van der Waals surface area contributed by atoms with Crippen molar-refractivity contribution in [3.8, 4) is 0 Å². The van der Waals surface area contributed by atoms with Crippen LogP contribution in [0.3, 0.4) is 0 Å². The Labute approximate surface area is 83.9 Å². The maximum absolute atomic E-state index is 11.2. The van der Waals surface area contributed by atoms with Crippen molar-refractivity contribution in [2.45, 2.75) is 6.92 Å². The van der Waals surface area contributed by atoms with Gasteiger partial charge in [-0.25, -0.2) is 0 Å². The monoisotopic (exact) mass is 192 g/mol. The van der Waals surface area contributed by atoms with Gasteiger partial charge in [-0.15, -0.1) is 0 Å². The van der Waals surface area contributed by atoms with Gasteiger partial charge in [0.15, 0.2) is 5.78 Å². The zero-order valence-corrected chi connectivity index (χ0v) is 8.47. The highest BCUT2D eigenvalue weighted by Crippen LogP contribution is 2.18. The molecule has 1 nitrogen and oxygen atoms in total. The Balaban J connectivity index is 3.19. The standard InChI is InChI=1S/C11H12OS/c1-8(7-13)10-5-3-4-6-11(10)9(2)12/h3-6,13H,1,7H2,2H3. The number of thiol groups is 1. The number of carbonyl (C=O) groups is 1. The van der Waals surface area contributed by atoms with Gasteiger partial charge in [-0.3, -0.25) is 4.79 Å². The molecule has 0 N–H and O–H groups in total. The lowest BCUT2D eigenvalue weighted by Gasteiger charge is -2.06. The molecular formula is C11H12OS. The Morgan fingerprint density at radius 3 is 2.38 bits per heavy atom. The summed E-state index contributed by atoms with van der Waals surface area (Å²) in [6, 6.07) is 7.46. The van der Waals surface area contributed by atoms with Gasteiger partial charge >= 0.3 is 0 Å². The molecule has 0 saturated carbocycles. The molecule has 13 heavy (non-hydrogen) atoms. The van der Waals surface area contributed by atoms with E-state index in [1.165, 1.54) is 0 Å². The number of carbonyl (C=O) groups excluding carboxylic acids is 1. The maximum atomic E-state index is 11.2. The van der Waals surface area contributed by atoms with Gasteiger partial charge in [0.25, 0.3) is 0 Å². The molecule has 1 rings (SSSR count). The van der Waals surface area contributed by atoms with Gasteiger partial charge in [-0.1, -0.05) is 30.8 Å². The fourth-order valence-corrected chi connectivity index (χ4v) is 1.35. The molecule has 0 fully saturated rings. The third-order valence-corrected chi connectivity index (χ3v) is 2.26. The Kier molecular flexibility index (Phi) is 3.32. The highest BCUT2D eigenvalue weighted by Gasteiger charge is 2.07. The first-order valence-electron chi connectivity index (χ1n) is 4.05. The number of rotatable bonds is 3. The lowest BCUT2D eigenvalue weighted by Crippen LogP contribution is -1.98. The van der Waals surface area contributed by atoms with Gasteiger partial charge in [0, 0.05) is 11.3 Å². The Morgan fingerprint density at radius 1 is 1.38 bits per heavy atom. The van der Waals surface area contributed by atoms with Crippen molar-refractivity contribution in [1.82, 2.24) is 0 Å². The fraction of sp³-hybridized carbons (Fsp3) is 0.182. The number of hydrogen-bond acceptors (Lipinski definition) is 2. The fourth-order valence-electron chi connectivity index (χ4n) is 1.18. The van der Waals surface area contributed by atoms with Crippen LogP contribution in [-0.2, 0) is 0 Å². The van der Waals surface area contributed by atoms with Crippen LogP contribution in [0.2, 0.25) is 0 Å². The molecule has 68 valence electrons. The molecule has 0 radical (unpaired) electrons. The number of ketones is 1. The van der Waals surface area contributed by atoms with Gasteiger partial charge in [0.05, 0.1) is 0 Å². The van der Waals surface area contributed by atoms with Crippen LogP contribution in [0.15, 0.2) is 30.8 Å². The molecule has 0 spiro atoms. The van der Waals surface area contributed by atoms with Crippen LogP contribution in [-0.4, -0.2) is 11.5 Å². The molecule has 0 bridgehead atoms. The molecule has 0 aromatic heterocycles. The molecule has 0 atom stereocenters. The van der Waals surface area contributed by atoms with E-state index in [-0.39, 0.29) is 5.78 Å². The van der Waals surface area contributed by atoms with E-state index in [0.29, 0.717) is 5.75 Å². The van der Waals surface area contributed by atoms with E-state index < -0.39 is 0 Å². The van der Waals surface area contributed by atoms with Crippen molar-refractivity contribution in [1.29, 1.82) is 0 Å². The van der Waals surface area contributed by atoms with E-state index in [4.69, 9.17) is 0 Å². The van der Waals surface area contributed by atoms with E-state index in [1.807, 2.05) is 24.3 Å². The summed E-state index contributed by atoms with van der Waals surface area (Å²) in [5.74, 6) is 0.642. The average molecular weight is 192 g/mol. The predicted octanol–water partition coefficient (Wildman–Crippen LogP) is 2.83. The average Bonchev–Trinajstić information content (AvgIpc) is 2.16. The number of Topliss-reactive ketones (excluding diaryl/α,β-unsaturated/α-hetero) is 1. The summed E-state index contributed by atoms with van der Waals surface area (Å²) in [5, 5.41) is 0.